The summed E-state index contributed by atoms with van der Waals surface area (Å²) in [6, 6.07) is 0. The number of hydrogen-bond acceptors (Lipinski definition) is 2. The van der Waals surface area contributed by atoms with Gasteiger partial charge >= 0.3 is 0 Å². The molecule has 0 radical (unpaired) electrons. The average Bonchev–Trinajstić information content (AvgIpc) is 2.16. The van der Waals surface area contributed by atoms with E-state index < -0.39 is 0 Å². The molecule has 0 unspecified atom stereocenters. The lowest BCUT2D eigenvalue weighted by Gasteiger charge is -2.17. The highest BCUT2D eigenvalue weighted by molar-refractivity contribution is 5.76. The second kappa shape index (κ2) is 7.80. The molecule has 0 aromatic heterocycles. The van der Waals surface area contributed by atoms with E-state index in [2.05, 4.69) is 37.9 Å². The van der Waals surface area contributed by atoms with Gasteiger partial charge in [0, 0.05) is 19.5 Å². The molecule has 0 rings (SSSR count). The summed E-state index contributed by atoms with van der Waals surface area (Å²) >= 11 is 0. The molecule has 3 nitrogen and oxygen atoms in total. The fourth-order valence-electron chi connectivity index (χ4n) is 1.21. The molecular weight excluding hydrogens is 176 g/mol. The van der Waals surface area contributed by atoms with Gasteiger partial charge in [0.05, 0.1) is 0 Å². The topological polar surface area (TPSA) is 32.3 Å². The van der Waals surface area contributed by atoms with E-state index in [0.717, 1.165) is 26.2 Å². The first-order valence-electron chi connectivity index (χ1n) is 5.59. The van der Waals surface area contributed by atoms with Crippen molar-refractivity contribution in [2.45, 2.75) is 34.1 Å². The summed E-state index contributed by atoms with van der Waals surface area (Å²) in [5.41, 5.74) is 0. The first-order valence-corrected chi connectivity index (χ1v) is 5.59. The van der Waals surface area contributed by atoms with Crippen molar-refractivity contribution in [1.82, 2.24) is 10.2 Å². The van der Waals surface area contributed by atoms with Crippen LogP contribution in [0.3, 0.4) is 0 Å². The van der Waals surface area contributed by atoms with Crippen molar-refractivity contribution in [3.63, 3.8) is 0 Å². The van der Waals surface area contributed by atoms with Crippen molar-refractivity contribution >= 4 is 5.91 Å². The van der Waals surface area contributed by atoms with E-state index in [-0.39, 0.29) is 5.91 Å². The molecule has 84 valence electrons. The molecule has 0 aromatic rings. The van der Waals surface area contributed by atoms with Crippen LogP contribution in [0.5, 0.6) is 0 Å². The number of carbonyl (C=O) groups excluding carboxylic acids is 1. The number of nitrogens with one attached hydrogen (secondary N) is 1. The minimum Gasteiger partial charge on any atom is -0.356 e. The third-order valence-corrected chi connectivity index (χ3v) is 2.26. The lowest BCUT2D eigenvalue weighted by Crippen LogP contribution is -2.32. The number of rotatable bonds is 7. The fourth-order valence-corrected chi connectivity index (χ4v) is 1.21. The molecule has 1 N–H and O–H groups in total. The van der Waals surface area contributed by atoms with Gasteiger partial charge in [-0.05, 0) is 19.0 Å². The van der Waals surface area contributed by atoms with E-state index in [1.807, 2.05) is 0 Å². The van der Waals surface area contributed by atoms with Gasteiger partial charge in [-0.15, -0.1) is 0 Å². The van der Waals surface area contributed by atoms with Crippen molar-refractivity contribution < 1.29 is 4.79 Å². The van der Waals surface area contributed by atoms with Crippen molar-refractivity contribution in [1.29, 1.82) is 0 Å². The van der Waals surface area contributed by atoms with Gasteiger partial charge < -0.3 is 10.2 Å². The Morgan fingerprint density at radius 1 is 1.29 bits per heavy atom. The number of amides is 1. The van der Waals surface area contributed by atoms with Crippen LogP contribution in [0.15, 0.2) is 0 Å². The van der Waals surface area contributed by atoms with E-state index in [0.29, 0.717) is 12.3 Å². The van der Waals surface area contributed by atoms with Crippen LogP contribution in [0.2, 0.25) is 0 Å². The molecule has 0 atom stereocenters. The number of nitrogens with zero attached hydrogens (tertiary/aromatic N) is 1. The summed E-state index contributed by atoms with van der Waals surface area (Å²) in [5, 5.41) is 2.92. The summed E-state index contributed by atoms with van der Waals surface area (Å²) < 4.78 is 0. The van der Waals surface area contributed by atoms with Gasteiger partial charge in [-0.3, -0.25) is 4.79 Å². The maximum Gasteiger partial charge on any atom is 0.221 e. The van der Waals surface area contributed by atoms with Gasteiger partial charge in [-0.25, -0.2) is 0 Å². The highest BCUT2D eigenvalue weighted by atomic mass is 16.1. The monoisotopic (exact) mass is 200 g/mol. The quantitative estimate of drug-likeness (QED) is 0.675. The Balaban J connectivity index is 3.52. The zero-order chi connectivity index (χ0) is 11.0. The molecule has 0 aromatic carbocycles. The van der Waals surface area contributed by atoms with Gasteiger partial charge in [0.25, 0.3) is 0 Å². The highest BCUT2D eigenvalue weighted by Crippen LogP contribution is 1.92. The van der Waals surface area contributed by atoms with Crippen LogP contribution in [0.4, 0.5) is 0 Å². The Kier molecular flexibility index (Phi) is 7.48. The van der Waals surface area contributed by atoms with Crippen molar-refractivity contribution in [3.05, 3.63) is 0 Å². The second-order valence-corrected chi connectivity index (χ2v) is 3.97. The molecule has 14 heavy (non-hydrogen) atoms. The van der Waals surface area contributed by atoms with Crippen LogP contribution in [0, 0.1) is 5.92 Å². The van der Waals surface area contributed by atoms with Gasteiger partial charge in [-0.2, -0.15) is 0 Å². The predicted molar refractivity (Wildman–Crippen MR) is 60.3 cm³/mol. The van der Waals surface area contributed by atoms with Gasteiger partial charge in [0.1, 0.15) is 0 Å². The lowest BCUT2D eigenvalue weighted by molar-refractivity contribution is -0.121. The molecule has 0 aliphatic rings. The molecule has 0 fully saturated rings. The van der Waals surface area contributed by atoms with Crippen LogP contribution in [0.1, 0.15) is 34.1 Å². The number of hydrogen-bond donors (Lipinski definition) is 1. The van der Waals surface area contributed by atoms with Crippen molar-refractivity contribution in [3.8, 4) is 0 Å². The molecule has 3 heteroatoms. The Hall–Kier alpha value is -0.570. The molecule has 0 spiro atoms. The minimum atomic E-state index is 0.172. The smallest absolute Gasteiger partial charge is 0.221 e. The minimum absolute atomic E-state index is 0.172. The summed E-state index contributed by atoms with van der Waals surface area (Å²) in [7, 11) is 0. The molecule has 1 amide bonds. The van der Waals surface area contributed by atoms with Crippen LogP contribution in [-0.2, 0) is 4.79 Å². The standard InChI is InChI=1S/C11H24N2O/c1-5-13(6-2)8-7-11(14)12-9-10(3)4/h10H,5-9H2,1-4H3,(H,12,14). The first kappa shape index (κ1) is 13.4. The summed E-state index contributed by atoms with van der Waals surface area (Å²) in [6.07, 6.45) is 0.619. The largest absolute Gasteiger partial charge is 0.356 e. The van der Waals surface area contributed by atoms with E-state index in [1.165, 1.54) is 0 Å². The van der Waals surface area contributed by atoms with E-state index in [4.69, 9.17) is 0 Å². The normalized spacial score (nSPS) is 11.0. The first-order chi connectivity index (χ1) is 6.60. The van der Waals surface area contributed by atoms with Crippen molar-refractivity contribution in [2.24, 2.45) is 5.92 Å². The second-order valence-electron chi connectivity index (χ2n) is 3.97. The third-order valence-electron chi connectivity index (χ3n) is 2.26. The molecular formula is C11H24N2O. The summed E-state index contributed by atoms with van der Waals surface area (Å²) in [4.78, 5) is 13.6. The molecule has 0 aliphatic heterocycles. The molecule has 0 saturated carbocycles. The Morgan fingerprint density at radius 3 is 2.29 bits per heavy atom. The maximum atomic E-state index is 11.3. The van der Waals surface area contributed by atoms with Crippen LogP contribution in [0.25, 0.3) is 0 Å². The predicted octanol–water partition coefficient (Wildman–Crippen LogP) is 1.49. The third kappa shape index (κ3) is 6.89. The summed E-state index contributed by atoms with van der Waals surface area (Å²) in [5.74, 6) is 0.706. The van der Waals surface area contributed by atoms with E-state index in [9.17, 15) is 4.79 Å². The highest BCUT2D eigenvalue weighted by Gasteiger charge is 2.04. The zero-order valence-corrected chi connectivity index (χ0v) is 9.97. The van der Waals surface area contributed by atoms with Crippen LogP contribution < -0.4 is 5.32 Å². The van der Waals surface area contributed by atoms with Gasteiger partial charge in [0.15, 0.2) is 0 Å². The maximum absolute atomic E-state index is 11.3. The van der Waals surface area contributed by atoms with E-state index in [1.54, 1.807) is 0 Å². The molecule has 0 bridgehead atoms. The SMILES string of the molecule is CCN(CC)CCC(=O)NCC(C)C. The molecule has 0 heterocycles. The average molecular weight is 200 g/mol. The summed E-state index contributed by atoms with van der Waals surface area (Å²) in [6.45, 7) is 12.1. The van der Waals surface area contributed by atoms with Gasteiger partial charge in [0.2, 0.25) is 5.91 Å². The van der Waals surface area contributed by atoms with Crippen molar-refractivity contribution in [2.75, 3.05) is 26.2 Å². The van der Waals surface area contributed by atoms with Crippen LogP contribution >= 0.6 is 0 Å². The van der Waals surface area contributed by atoms with Crippen LogP contribution in [-0.4, -0.2) is 37.0 Å². The lowest BCUT2D eigenvalue weighted by atomic mass is 10.2. The van der Waals surface area contributed by atoms with Gasteiger partial charge in [-0.1, -0.05) is 27.7 Å². The zero-order valence-electron chi connectivity index (χ0n) is 9.97. The Labute approximate surface area is 87.9 Å². The van der Waals surface area contributed by atoms with E-state index >= 15 is 0 Å². The number of carbonyl (C=O) groups is 1. The fraction of sp³-hybridized carbons (Fsp3) is 0.909. The Morgan fingerprint density at radius 2 is 1.86 bits per heavy atom. The molecule has 0 aliphatic carbocycles. The molecule has 0 saturated heterocycles. The Bertz CT molecular complexity index is 153.